The van der Waals surface area contributed by atoms with Gasteiger partial charge in [0, 0.05) is 22.1 Å². The van der Waals surface area contributed by atoms with Gasteiger partial charge in [0.25, 0.3) is 0 Å². The van der Waals surface area contributed by atoms with Crippen molar-refractivity contribution in [2.45, 2.75) is 26.7 Å². The molecule has 1 aromatic carbocycles. The van der Waals surface area contributed by atoms with Crippen molar-refractivity contribution in [2.75, 3.05) is 10.7 Å². The lowest BCUT2D eigenvalue weighted by molar-refractivity contribution is 0.777. The normalized spacial score (nSPS) is 10.7. The van der Waals surface area contributed by atoms with Gasteiger partial charge in [-0.15, -0.1) is 0 Å². The fourth-order valence-electron chi connectivity index (χ4n) is 1.68. The summed E-state index contributed by atoms with van der Waals surface area (Å²) in [5.74, 6) is 7.73. The number of aromatic nitrogens is 2. The summed E-state index contributed by atoms with van der Waals surface area (Å²) in [6, 6.07) is 7.84. The second-order valence-corrected chi connectivity index (χ2v) is 5.74. The Morgan fingerprint density at radius 3 is 2.45 bits per heavy atom. The molecule has 1 aromatic heterocycles. The summed E-state index contributed by atoms with van der Waals surface area (Å²) in [7, 11) is 0. The first kappa shape index (κ1) is 14.7. The van der Waals surface area contributed by atoms with Crippen molar-refractivity contribution in [3.8, 4) is 0 Å². The van der Waals surface area contributed by atoms with Crippen molar-refractivity contribution in [1.29, 1.82) is 0 Å². The fourth-order valence-corrected chi connectivity index (χ4v) is 2.06. The van der Waals surface area contributed by atoms with E-state index in [0.29, 0.717) is 11.6 Å². The molecule has 4 N–H and O–H groups in total. The van der Waals surface area contributed by atoms with Crippen LogP contribution in [-0.4, -0.2) is 9.97 Å². The molecule has 106 valence electrons. The van der Waals surface area contributed by atoms with Crippen molar-refractivity contribution < 1.29 is 0 Å². The molecule has 1 heterocycles. The number of hydrogen-bond acceptors (Lipinski definition) is 5. The van der Waals surface area contributed by atoms with Crippen molar-refractivity contribution >= 4 is 33.3 Å². The topological polar surface area (TPSA) is 75.9 Å². The minimum Gasteiger partial charge on any atom is -0.340 e. The highest BCUT2D eigenvalue weighted by Crippen LogP contribution is 2.24. The predicted octanol–water partition coefficient (Wildman–Crippen LogP) is 3.70. The van der Waals surface area contributed by atoms with Gasteiger partial charge in [0.15, 0.2) is 0 Å². The van der Waals surface area contributed by atoms with Crippen LogP contribution in [0.4, 0.5) is 17.3 Å². The lowest BCUT2D eigenvalue weighted by Gasteiger charge is -2.12. The number of benzene rings is 1. The molecule has 0 bridgehead atoms. The van der Waals surface area contributed by atoms with E-state index in [-0.39, 0.29) is 5.92 Å². The summed E-state index contributed by atoms with van der Waals surface area (Å²) < 4.78 is 1.05. The SMILES string of the molecule is Cc1ccc(Nc2cc(NN)nc(C(C)C)n2)cc1Br. The Morgan fingerprint density at radius 2 is 1.85 bits per heavy atom. The highest BCUT2D eigenvalue weighted by molar-refractivity contribution is 9.10. The first-order valence-electron chi connectivity index (χ1n) is 6.38. The number of nitrogens with one attached hydrogen (secondary N) is 2. The third kappa shape index (κ3) is 3.46. The number of hydrogen-bond donors (Lipinski definition) is 3. The largest absolute Gasteiger partial charge is 0.340 e. The maximum absolute atomic E-state index is 5.45. The van der Waals surface area contributed by atoms with Crippen LogP contribution >= 0.6 is 15.9 Å². The molecule has 6 heteroatoms. The van der Waals surface area contributed by atoms with E-state index < -0.39 is 0 Å². The lowest BCUT2D eigenvalue weighted by Crippen LogP contribution is -2.12. The molecular weight excluding hydrogens is 318 g/mol. The molecule has 5 nitrogen and oxygen atoms in total. The zero-order valence-corrected chi connectivity index (χ0v) is 13.3. The molecule has 0 aliphatic rings. The zero-order valence-electron chi connectivity index (χ0n) is 11.7. The van der Waals surface area contributed by atoms with E-state index >= 15 is 0 Å². The van der Waals surface area contributed by atoms with Gasteiger partial charge < -0.3 is 10.7 Å². The number of nitrogens with zero attached hydrogens (tertiary/aromatic N) is 2. The molecule has 0 saturated heterocycles. The number of rotatable bonds is 4. The zero-order chi connectivity index (χ0) is 14.7. The van der Waals surface area contributed by atoms with E-state index in [4.69, 9.17) is 5.84 Å². The average Bonchev–Trinajstić information content (AvgIpc) is 2.42. The van der Waals surface area contributed by atoms with Gasteiger partial charge in [-0.25, -0.2) is 15.8 Å². The van der Waals surface area contributed by atoms with Crippen LogP contribution in [0.25, 0.3) is 0 Å². The molecule has 0 unspecified atom stereocenters. The van der Waals surface area contributed by atoms with Crippen LogP contribution in [0.15, 0.2) is 28.7 Å². The molecule has 0 aliphatic carbocycles. The van der Waals surface area contributed by atoms with Gasteiger partial charge in [-0.2, -0.15) is 0 Å². The van der Waals surface area contributed by atoms with Crippen LogP contribution in [-0.2, 0) is 0 Å². The van der Waals surface area contributed by atoms with Crippen molar-refractivity contribution in [3.05, 3.63) is 40.1 Å². The fraction of sp³-hybridized carbons (Fsp3) is 0.286. The Labute approximate surface area is 127 Å². The van der Waals surface area contributed by atoms with E-state index in [1.165, 1.54) is 5.56 Å². The number of nitrogen functional groups attached to an aromatic ring is 1. The van der Waals surface area contributed by atoms with Gasteiger partial charge in [0.1, 0.15) is 17.5 Å². The quantitative estimate of drug-likeness (QED) is 0.586. The van der Waals surface area contributed by atoms with Crippen LogP contribution in [0.3, 0.4) is 0 Å². The van der Waals surface area contributed by atoms with E-state index in [0.717, 1.165) is 16.0 Å². The lowest BCUT2D eigenvalue weighted by atomic mass is 10.2. The van der Waals surface area contributed by atoms with Gasteiger partial charge in [-0.3, -0.25) is 0 Å². The summed E-state index contributed by atoms with van der Waals surface area (Å²) in [5, 5.41) is 3.27. The van der Waals surface area contributed by atoms with Crippen LogP contribution in [0, 0.1) is 6.92 Å². The monoisotopic (exact) mass is 335 g/mol. The molecule has 0 fully saturated rings. The summed E-state index contributed by atoms with van der Waals surface area (Å²) >= 11 is 3.52. The van der Waals surface area contributed by atoms with Gasteiger partial charge >= 0.3 is 0 Å². The Morgan fingerprint density at radius 1 is 1.15 bits per heavy atom. The third-order valence-corrected chi connectivity index (χ3v) is 3.71. The predicted molar refractivity (Wildman–Crippen MR) is 86.1 cm³/mol. The van der Waals surface area contributed by atoms with Gasteiger partial charge in [0.05, 0.1) is 0 Å². The molecule has 0 atom stereocenters. The minimum absolute atomic E-state index is 0.230. The first-order chi connectivity index (χ1) is 9.49. The smallest absolute Gasteiger partial charge is 0.145 e. The molecule has 0 radical (unpaired) electrons. The number of aryl methyl sites for hydroxylation is 1. The summed E-state index contributed by atoms with van der Waals surface area (Å²) in [4.78, 5) is 8.82. The Hall–Kier alpha value is -1.66. The van der Waals surface area contributed by atoms with Crippen LogP contribution in [0.5, 0.6) is 0 Å². The van der Waals surface area contributed by atoms with Gasteiger partial charge in [0.2, 0.25) is 0 Å². The average molecular weight is 336 g/mol. The standard InChI is InChI=1S/C14H18BrN5/c1-8(2)14-18-12(7-13(19-14)20-16)17-10-5-4-9(3)11(15)6-10/h4-8H,16H2,1-3H3,(H2,17,18,19,20). The minimum atomic E-state index is 0.230. The Kier molecular flexibility index (Phi) is 4.57. The summed E-state index contributed by atoms with van der Waals surface area (Å²) in [5.41, 5.74) is 4.71. The Balaban J connectivity index is 2.32. The molecule has 2 rings (SSSR count). The van der Waals surface area contributed by atoms with Crippen molar-refractivity contribution in [1.82, 2.24) is 9.97 Å². The van der Waals surface area contributed by atoms with E-state index in [1.54, 1.807) is 6.07 Å². The highest BCUT2D eigenvalue weighted by atomic mass is 79.9. The highest BCUT2D eigenvalue weighted by Gasteiger charge is 2.08. The number of hydrazine groups is 1. The number of nitrogens with two attached hydrogens (primary N) is 1. The first-order valence-corrected chi connectivity index (χ1v) is 7.17. The van der Waals surface area contributed by atoms with E-state index in [9.17, 15) is 0 Å². The third-order valence-electron chi connectivity index (χ3n) is 2.85. The van der Waals surface area contributed by atoms with Crippen molar-refractivity contribution in [3.63, 3.8) is 0 Å². The van der Waals surface area contributed by atoms with Crippen LogP contribution in [0.1, 0.15) is 31.2 Å². The maximum atomic E-state index is 5.45. The van der Waals surface area contributed by atoms with Gasteiger partial charge in [-0.05, 0) is 24.6 Å². The molecule has 0 amide bonds. The maximum Gasteiger partial charge on any atom is 0.145 e. The molecule has 0 spiro atoms. The van der Waals surface area contributed by atoms with Gasteiger partial charge in [-0.1, -0.05) is 35.8 Å². The molecule has 20 heavy (non-hydrogen) atoms. The molecule has 0 saturated carbocycles. The number of anilines is 3. The second-order valence-electron chi connectivity index (χ2n) is 4.88. The summed E-state index contributed by atoms with van der Waals surface area (Å²) in [6.45, 7) is 6.13. The van der Waals surface area contributed by atoms with Crippen LogP contribution in [0.2, 0.25) is 0 Å². The summed E-state index contributed by atoms with van der Waals surface area (Å²) in [6.07, 6.45) is 0. The Bertz CT molecular complexity index is 613. The molecular formula is C14H18BrN5. The van der Waals surface area contributed by atoms with Crippen LogP contribution < -0.4 is 16.6 Å². The van der Waals surface area contributed by atoms with Crippen molar-refractivity contribution in [2.24, 2.45) is 5.84 Å². The number of halogens is 1. The second kappa shape index (κ2) is 6.19. The molecule has 2 aromatic rings. The van der Waals surface area contributed by atoms with E-state index in [2.05, 4.69) is 36.6 Å². The molecule has 0 aliphatic heterocycles. The van der Waals surface area contributed by atoms with E-state index in [1.807, 2.05) is 39.0 Å².